The molecule has 2 aromatic rings. The van der Waals surface area contributed by atoms with Crippen LogP contribution in [0.15, 0.2) is 42.5 Å². The van der Waals surface area contributed by atoms with Crippen LogP contribution in [0.25, 0.3) is 0 Å². The van der Waals surface area contributed by atoms with Gasteiger partial charge in [0.05, 0.1) is 14.2 Å². The molecule has 30 heavy (non-hydrogen) atoms. The van der Waals surface area contributed by atoms with Gasteiger partial charge in [0.1, 0.15) is 5.75 Å². The summed E-state index contributed by atoms with van der Waals surface area (Å²) in [6, 6.07) is 12.1. The molecule has 0 saturated carbocycles. The van der Waals surface area contributed by atoms with E-state index in [0.717, 1.165) is 5.56 Å². The number of likely N-dealkylation sites (N-methyl/N-ethyl adjacent to an activating group) is 1. The fourth-order valence-corrected chi connectivity index (χ4v) is 2.89. The van der Waals surface area contributed by atoms with Gasteiger partial charge in [0.15, 0.2) is 24.2 Å². The van der Waals surface area contributed by atoms with Crippen molar-refractivity contribution in [3.8, 4) is 17.2 Å². The second-order valence-corrected chi connectivity index (χ2v) is 6.86. The van der Waals surface area contributed by atoms with Gasteiger partial charge in [0, 0.05) is 18.1 Å². The smallest absolute Gasteiger partial charge is 0.347 e. The molecule has 162 valence electrons. The molecule has 1 unspecified atom stereocenters. The van der Waals surface area contributed by atoms with Gasteiger partial charge in [-0.1, -0.05) is 23.7 Å². The average molecular weight is 436 g/mol. The molecule has 0 spiro atoms. The average Bonchev–Trinajstić information content (AvgIpc) is 2.75. The molecule has 1 atom stereocenters. The minimum absolute atomic E-state index is 0.310. The van der Waals surface area contributed by atoms with Crippen LogP contribution in [-0.2, 0) is 20.9 Å². The Bertz CT molecular complexity index is 872. The maximum atomic E-state index is 12.5. The highest BCUT2D eigenvalue weighted by Gasteiger charge is 2.20. The van der Waals surface area contributed by atoms with Crippen molar-refractivity contribution in [3.05, 3.63) is 53.1 Å². The Morgan fingerprint density at radius 3 is 2.43 bits per heavy atom. The molecular weight excluding hydrogens is 410 g/mol. The van der Waals surface area contributed by atoms with E-state index in [1.807, 2.05) is 19.1 Å². The van der Waals surface area contributed by atoms with Crippen molar-refractivity contribution in [1.29, 1.82) is 0 Å². The zero-order chi connectivity index (χ0) is 22.1. The van der Waals surface area contributed by atoms with Crippen molar-refractivity contribution < 1.29 is 28.5 Å². The summed E-state index contributed by atoms with van der Waals surface area (Å²) >= 11 is 5.90. The molecule has 7 nitrogen and oxygen atoms in total. The molecule has 0 aliphatic heterocycles. The predicted molar refractivity (Wildman–Crippen MR) is 113 cm³/mol. The van der Waals surface area contributed by atoms with Crippen LogP contribution in [-0.4, -0.2) is 50.3 Å². The molecule has 0 aliphatic rings. The van der Waals surface area contributed by atoms with Crippen molar-refractivity contribution in [2.75, 3.05) is 27.4 Å². The summed E-state index contributed by atoms with van der Waals surface area (Å²) in [7, 11) is 3.11. The van der Waals surface area contributed by atoms with Crippen molar-refractivity contribution >= 4 is 23.5 Å². The number of hydrogen-bond donors (Lipinski definition) is 0. The lowest BCUT2D eigenvalue weighted by Gasteiger charge is -2.22. The number of methoxy groups -OCH3 is 2. The second-order valence-electron chi connectivity index (χ2n) is 6.42. The van der Waals surface area contributed by atoms with E-state index in [1.54, 1.807) is 56.4 Å². The summed E-state index contributed by atoms with van der Waals surface area (Å²) in [5, 5.41) is 0.497. The van der Waals surface area contributed by atoms with E-state index in [2.05, 4.69) is 0 Å². The van der Waals surface area contributed by atoms with Crippen LogP contribution in [0, 0.1) is 0 Å². The summed E-state index contributed by atoms with van der Waals surface area (Å²) in [4.78, 5) is 26.3. The molecule has 0 N–H and O–H groups in total. The molecule has 0 fully saturated rings. The van der Waals surface area contributed by atoms with Crippen molar-refractivity contribution in [2.45, 2.75) is 26.5 Å². The lowest BCUT2D eigenvalue weighted by Crippen LogP contribution is -2.36. The number of carbonyl (C=O) groups is 2. The number of esters is 1. The number of nitrogens with zero attached hydrogens (tertiary/aromatic N) is 1. The Hall–Kier alpha value is -2.93. The molecule has 0 aliphatic carbocycles. The van der Waals surface area contributed by atoms with E-state index < -0.39 is 12.1 Å². The van der Waals surface area contributed by atoms with E-state index in [4.69, 9.17) is 30.5 Å². The first kappa shape index (κ1) is 23.3. The molecule has 1 amide bonds. The van der Waals surface area contributed by atoms with Crippen LogP contribution in [0.4, 0.5) is 0 Å². The maximum Gasteiger partial charge on any atom is 0.347 e. The van der Waals surface area contributed by atoms with Gasteiger partial charge in [-0.2, -0.15) is 0 Å². The first-order valence-electron chi connectivity index (χ1n) is 9.45. The van der Waals surface area contributed by atoms with E-state index in [9.17, 15) is 9.59 Å². The zero-order valence-corrected chi connectivity index (χ0v) is 18.3. The highest BCUT2D eigenvalue weighted by Crippen LogP contribution is 2.28. The lowest BCUT2D eigenvalue weighted by molar-refractivity contribution is -0.157. The van der Waals surface area contributed by atoms with Gasteiger partial charge in [-0.25, -0.2) is 4.79 Å². The van der Waals surface area contributed by atoms with Crippen LogP contribution < -0.4 is 14.2 Å². The summed E-state index contributed by atoms with van der Waals surface area (Å²) in [6.45, 7) is 3.84. The molecule has 0 saturated heterocycles. The zero-order valence-electron chi connectivity index (χ0n) is 17.5. The topological polar surface area (TPSA) is 74.3 Å². The minimum atomic E-state index is -0.878. The van der Waals surface area contributed by atoms with Gasteiger partial charge < -0.3 is 23.8 Å². The first-order chi connectivity index (χ1) is 14.4. The quantitative estimate of drug-likeness (QED) is 0.529. The van der Waals surface area contributed by atoms with E-state index in [1.165, 1.54) is 0 Å². The third kappa shape index (κ3) is 6.56. The summed E-state index contributed by atoms with van der Waals surface area (Å²) in [5.41, 5.74) is 0.867. The third-order valence-electron chi connectivity index (χ3n) is 4.33. The standard InChI is InChI=1S/C22H26ClNO6/c1-5-24(13-16-9-10-19(27-3)20(11-16)28-4)21(25)14-29-22(26)15(2)30-18-8-6-7-17(23)12-18/h6-12,15H,5,13-14H2,1-4H3. The Kier molecular flexibility index (Phi) is 8.80. The van der Waals surface area contributed by atoms with Gasteiger partial charge in [-0.15, -0.1) is 0 Å². The second kappa shape index (κ2) is 11.3. The Balaban J connectivity index is 1.90. The Morgan fingerprint density at radius 2 is 1.80 bits per heavy atom. The summed E-state index contributed by atoms with van der Waals surface area (Å²) in [5.74, 6) is 0.693. The molecule has 0 bridgehead atoms. The van der Waals surface area contributed by atoms with E-state index >= 15 is 0 Å². The van der Waals surface area contributed by atoms with Crippen molar-refractivity contribution in [2.24, 2.45) is 0 Å². The number of benzene rings is 2. The van der Waals surface area contributed by atoms with Gasteiger partial charge in [-0.05, 0) is 49.7 Å². The first-order valence-corrected chi connectivity index (χ1v) is 9.83. The van der Waals surface area contributed by atoms with Crippen molar-refractivity contribution in [3.63, 3.8) is 0 Å². The maximum absolute atomic E-state index is 12.5. The van der Waals surface area contributed by atoms with Gasteiger partial charge in [-0.3, -0.25) is 4.79 Å². The van der Waals surface area contributed by atoms with Crippen LogP contribution in [0.2, 0.25) is 5.02 Å². The van der Waals surface area contributed by atoms with Gasteiger partial charge >= 0.3 is 5.97 Å². The van der Waals surface area contributed by atoms with Crippen LogP contribution >= 0.6 is 11.6 Å². The summed E-state index contributed by atoms with van der Waals surface area (Å²) in [6.07, 6.45) is -0.878. The molecular formula is C22H26ClNO6. The number of rotatable bonds is 10. The predicted octanol–water partition coefficient (Wildman–Crippen LogP) is 3.72. The number of amides is 1. The van der Waals surface area contributed by atoms with E-state index in [0.29, 0.717) is 35.4 Å². The normalized spacial score (nSPS) is 11.4. The largest absolute Gasteiger partial charge is 0.493 e. The highest BCUT2D eigenvalue weighted by atomic mass is 35.5. The third-order valence-corrected chi connectivity index (χ3v) is 4.57. The number of carbonyl (C=O) groups excluding carboxylic acids is 2. The fraction of sp³-hybridized carbons (Fsp3) is 0.364. The van der Waals surface area contributed by atoms with E-state index in [-0.39, 0.29) is 12.5 Å². The number of halogens is 1. The van der Waals surface area contributed by atoms with Crippen molar-refractivity contribution in [1.82, 2.24) is 4.90 Å². The number of hydrogen-bond acceptors (Lipinski definition) is 6. The number of ether oxygens (including phenoxy) is 4. The molecule has 0 heterocycles. The molecule has 2 rings (SSSR count). The van der Waals surface area contributed by atoms with Gasteiger partial charge in [0.25, 0.3) is 5.91 Å². The van der Waals surface area contributed by atoms with Gasteiger partial charge in [0.2, 0.25) is 0 Å². The van der Waals surface area contributed by atoms with Crippen LogP contribution in [0.5, 0.6) is 17.2 Å². The van der Waals surface area contributed by atoms with Crippen LogP contribution in [0.3, 0.4) is 0 Å². The molecule has 8 heteroatoms. The Labute approximate surface area is 181 Å². The van der Waals surface area contributed by atoms with Crippen LogP contribution in [0.1, 0.15) is 19.4 Å². The summed E-state index contributed by atoms with van der Waals surface area (Å²) < 4.78 is 21.2. The Morgan fingerprint density at radius 1 is 1.07 bits per heavy atom. The molecule has 2 aromatic carbocycles. The minimum Gasteiger partial charge on any atom is -0.493 e. The molecule has 0 aromatic heterocycles. The monoisotopic (exact) mass is 435 g/mol. The fourth-order valence-electron chi connectivity index (χ4n) is 2.71. The lowest BCUT2D eigenvalue weighted by atomic mass is 10.2. The molecule has 0 radical (unpaired) electrons. The SMILES string of the molecule is CCN(Cc1ccc(OC)c(OC)c1)C(=O)COC(=O)C(C)Oc1cccc(Cl)c1. The highest BCUT2D eigenvalue weighted by molar-refractivity contribution is 6.30.